The van der Waals surface area contributed by atoms with Crippen LogP contribution in [0.4, 0.5) is 10.5 Å². The first-order valence-corrected chi connectivity index (χ1v) is 7.82. The van der Waals surface area contributed by atoms with Gasteiger partial charge in [-0.2, -0.15) is 0 Å². The van der Waals surface area contributed by atoms with Gasteiger partial charge in [0.15, 0.2) is 0 Å². The topological polar surface area (TPSA) is 95.5 Å². The fourth-order valence-electron chi connectivity index (χ4n) is 1.35. The predicted molar refractivity (Wildman–Crippen MR) is 81.5 cm³/mol. The van der Waals surface area contributed by atoms with E-state index in [2.05, 4.69) is 16.6 Å². The molecule has 0 saturated heterocycles. The van der Waals surface area contributed by atoms with Gasteiger partial charge in [-0.05, 0) is 47.2 Å². The van der Waals surface area contributed by atoms with Crippen molar-refractivity contribution in [3.05, 3.63) is 39.3 Å². The monoisotopic (exact) mass is 396 g/mol. The molecule has 1 unspecified atom stereocenters. The van der Waals surface area contributed by atoms with E-state index in [-0.39, 0.29) is 6.04 Å². The van der Waals surface area contributed by atoms with E-state index in [0.717, 1.165) is 11.0 Å². The molecule has 1 atom stereocenters. The van der Waals surface area contributed by atoms with Crippen molar-refractivity contribution in [2.75, 3.05) is 4.72 Å². The summed E-state index contributed by atoms with van der Waals surface area (Å²) in [6, 6.07) is 4.57. The summed E-state index contributed by atoms with van der Waals surface area (Å²) < 4.78 is 25.7. The van der Waals surface area contributed by atoms with Gasteiger partial charge in [-0.25, -0.2) is 13.2 Å². The smallest absolute Gasteiger partial charge is 0.405 e. The molecule has 0 aliphatic heterocycles. The first kappa shape index (κ1) is 15.8. The number of anilines is 1. The van der Waals surface area contributed by atoms with Crippen LogP contribution in [0.3, 0.4) is 0 Å². The Morgan fingerprint density at radius 2 is 2.16 bits per heavy atom. The van der Waals surface area contributed by atoms with Crippen molar-refractivity contribution in [3.63, 3.8) is 0 Å². The molecule has 0 spiro atoms. The highest BCUT2D eigenvalue weighted by molar-refractivity contribution is 14.1. The number of sulfonamides is 1. The van der Waals surface area contributed by atoms with Gasteiger partial charge in [-0.3, -0.25) is 4.72 Å². The van der Waals surface area contributed by atoms with Crippen molar-refractivity contribution in [3.8, 4) is 0 Å². The Morgan fingerprint density at radius 1 is 1.53 bits per heavy atom. The molecule has 1 rings (SSSR count). The summed E-state index contributed by atoms with van der Waals surface area (Å²) in [6.07, 6.45) is -1.11. The van der Waals surface area contributed by atoms with Crippen LogP contribution in [0.2, 0.25) is 0 Å². The summed E-state index contributed by atoms with van der Waals surface area (Å²) in [7, 11) is -3.55. The predicted octanol–water partition coefficient (Wildman–Crippen LogP) is 2.50. The number of carbonyl (C=O) groups is 1. The van der Waals surface area contributed by atoms with Gasteiger partial charge in [0.2, 0.25) is 0 Å². The Kier molecular flexibility index (Phi) is 5.18. The first-order valence-electron chi connectivity index (χ1n) is 5.19. The van der Waals surface area contributed by atoms with Crippen molar-refractivity contribution >= 4 is 44.4 Å². The molecule has 19 heavy (non-hydrogen) atoms. The number of benzene rings is 1. The summed E-state index contributed by atoms with van der Waals surface area (Å²) >= 11 is 1.97. The van der Waals surface area contributed by atoms with Gasteiger partial charge in [0.25, 0.3) is 10.0 Å². The highest BCUT2D eigenvalue weighted by atomic mass is 127. The van der Waals surface area contributed by atoms with Crippen LogP contribution in [0.25, 0.3) is 0 Å². The van der Waals surface area contributed by atoms with Crippen LogP contribution in [0.1, 0.15) is 18.5 Å². The molecule has 0 fully saturated rings. The Balaban J connectivity index is 2.98. The lowest BCUT2D eigenvalue weighted by Gasteiger charge is -2.14. The van der Waals surface area contributed by atoms with Crippen molar-refractivity contribution < 1.29 is 18.3 Å². The van der Waals surface area contributed by atoms with Crippen LogP contribution >= 0.6 is 22.6 Å². The molecule has 6 nitrogen and oxygen atoms in total. The van der Waals surface area contributed by atoms with Crippen LogP contribution in [0, 0.1) is 3.57 Å². The largest absolute Gasteiger partial charge is 0.465 e. The van der Waals surface area contributed by atoms with E-state index in [1.165, 1.54) is 0 Å². The van der Waals surface area contributed by atoms with Crippen LogP contribution in [0.5, 0.6) is 0 Å². The van der Waals surface area contributed by atoms with E-state index in [4.69, 9.17) is 5.11 Å². The van der Waals surface area contributed by atoms with E-state index in [1.54, 1.807) is 25.1 Å². The minimum Gasteiger partial charge on any atom is -0.465 e. The van der Waals surface area contributed by atoms with Crippen molar-refractivity contribution in [2.24, 2.45) is 0 Å². The maximum Gasteiger partial charge on any atom is 0.405 e. The van der Waals surface area contributed by atoms with Crippen molar-refractivity contribution in [1.82, 2.24) is 5.32 Å². The lowest BCUT2D eigenvalue weighted by molar-refractivity contribution is 0.191. The van der Waals surface area contributed by atoms with E-state index >= 15 is 0 Å². The summed E-state index contributed by atoms with van der Waals surface area (Å²) in [4.78, 5) is 10.5. The van der Waals surface area contributed by atoms with E-state index < -0.39 is 16.1 Å². The Hall–Kier alpha value is -1.29. The van der Waals surface area contributed by atoms with Crippen LogP contribution in [-0.4, -0.2) is 19.6 Å². The zero-order valence-electron chi connectivity index (χ0n) is 10.1. The zero-order valence-corrected chi connectivity index (χ0v) is 13.0. The minimum absolute atomic E-state index is 0.379. The van der Waals surface area contributed by atoms with E-state index in [0.29, 0.717) is 9.26 Å². The summed E-state index contributed by atoms with van der Waals surface area (Å²) in [5.41, 5.74) is 1.17. The molecule has 0 bridgehead atoms. The quantitative estimate of drug-likeness (QED) is 0.667. The van der Waals surface area contributed by atoms with Gasteiger partial charge >= 0.3 is 6.09 Å². The highest BCUT2D eigenvalue weighted by Crippen LogP contribution is 2.24. The molecule has 1 amide bonds. The van der Waals surface area contributed by atoms with Crippen LogP contribution in [-0.2, 0) is 10.0 Å². The third-order valence-corrected chi connectivity index (χ3v) is 4.14. The number of carboxylic acid groups (broad SMARTS) is 1. The third-order valence-electron chi connectivity index (χ3n) is 2.30. The second-order valence-electron chi connectivity index (χ2n) is 3.72. The van der Waals surface area contributed by atoms with Gasteiger partial charge in [0, 0.05) is 8.98 Å². The van der Waals surface area contributed by atoms with E-state index in [9.17, 15) is 13.2 Å². The molecule has 1 aromatic carbocycles. The summed E-state index contributed by atoms with van der Waals surface area (Å²) in [6.45, 7) is 4.91. The Morgan fingerprint density at radius 3 is 2.63 bits per heavy atom. The molecule has 0 heterocycles. The molecule has 0 aromatic heterocycles. The fraction of sp³-hybridized carbons (Fsp3) is 0.182. The number of rotatable bonds is 5. The highest BCUT2D eigenvalue weighted by Gasteiger charge is 2.12. The second kappa shape index (κ2) is 6.24. The number of amides is 1. The molecule has 3 N–H and O–H groups in total. The lowest BCUT2D eigenvalue weighted by Crippen LogP contribution is -2.24. The standard InChI is InChI=1S/C11H13IN2O4S/c1-3-19(17,18)14-10-5-4-8(6-9(10)12)7(2)13-11(15)16/h3-7,13-14H,1H2,2H3,(H,15,16). The van der Waals surface area contributed by atoms with Gasteiger partial charge < -0.3 is 10.4 Å². The number of hydrogen-bond acceptors (Lipinski definition) is 3. The minimum atomic E-state index is -3.55. The van der Waals surface area contributed by atoms with Crippen molar-refractivity contribution in [1.29, 1.82) is 0 Å². The molecule has 104 valence electrons. The average molecular weight is 396 g/mol. The number of nitrogens with one attached hydrogen (secondary N) is 2. The van der Waals surface area contributed by atoms with Gasteiger partial charge in [0.1, 0.15) is 0 Å². The molecule has 0 aliphatic carbocycles. The maximum absolute atomic E-state index is 11.4. The fourth-order valence-corrected chi connectivity index (χ4v) is 2.77. The Bertz CT molecular complexity index is 601. The molecule has 8 heteroatoms. The van der Waals surface area contributed by atoms with Crippen molar-refractivity contribution in [2.45, 2.75) is 13.0 Å². The second-order valence-corrected chi connectivity index (χ2v) is 6.51. The van der Waals surface area contributed by atoms with Gasteiger partial charge in [0.05, 0.1) is 11.7 Å². The number of halogens is 1. The van der Waals surface area contributed by atoms with Crippen LogP contribution in [0.15, 0.2) is 30.2 Å². The van der Waals surface area contributed by atoms with Crippen LogP contribution < -0.4 is 10.0 Å². The molecule has 1 aromatic rings. The maximum atomic E-state index is 11.4. The normalized spacial score (nSPS) is 12.5. The third kappa shape index (κ3) is 4.71. The number of hydrogen-bond donors (Lipinski definition) is 3. The molecule has 0 radical (unpaired) electrons. The lowest BCUT2D eigenvalue weighted by atomic mass is 10.1. The molecule has 0 aliphatic rings. The average Bonchev–Trinajstić information content (AvgIpc) is 2.30. The van der Waals surface area contributed by atoms with Gasteiger partial charge in [-0.1, -0.05) is 12.6 Å². The molecule has 0 saturated carbocycles. The van der Waals surface area contributed by atoms with Gasteiger partial charge in [-0.15, -0.1) is 0 Å². The molecular weight excluding hydrogens is 383 g/mol. The summed E-state index contributed by atoms with van der Waals surface area (Å²) in [5.74, 6) is 0. The van der Waals surface area contributed by atoms with E-state index in [1.807, 2.05) is 22.6 Å². The summed E-state index contributed by atoms with van der Waals surface area (Å²) in [5, 5.41) is 11.8. The Labute approximate surface area is 125 Å². The SMILES string of the molecule is C=CS(=O)(=O)Nc1ccc(C(C)NC(=O)O)cc1I. The molecular formula is C11H13IN2O4S. The first-order chi connectivity index (χ1) is 8.75. The zero-order chi connectivity index (χ0) is 14.6.